The molecule has 0 N–H and O–H groups in total. The number of aromatic nitrogens is 2. The van der Waals surface area contributed by atoms with Gasteiger partial charge < -0.3 is 4.74 Å². The van der Waals surface area contributed by atoms with E-state index < -0.39 is 5.60 Å². The Morgan fingerprint density at radius 1 is 1.20 bits per heavy atom. The average molecular weight is 274 g/mol. The van der Waals surface area contributed by atoms with Crippen molar-refractivity contribution in [1.82, 2.24) is 9.55 Å². The molecule has 0 radical (unpaired) electrons. The Morgan fingerprint density at radius 2 is 1.85 bits per heavy atom. The quantitative estimate of drug-likeness (QED) is 0.726. The Bertz CT molecular complexity index is 643. The van der Waals surface area contributed by atoms with Crippen LogP contribution in [-0.4, -0.2) is 21.2 Å². The van der Waals surface area contributed by atoms with Crippen molar-refractivity contribution in [3.8, 4) is 0 Å². The number of nitrogens with zero attached hydrogens (tertiary/aromatic N) is 2. The van der Waals surface area contributed by atoms with Gasteiger partial charge in [0.15, 0.2) is 0 Å². The molecule has 108 valence electrons. The highest BCUT2D eigenvalue weighted by molar-refractivity contribution is 5.90. The molecule has 20 heavy (non-hydrogen) atoms. The highest BCUT2D eigenvalue weighted by Gasteiger charge is 2.27. The first-order chi connectivity index (χ1) is 9.09. The molecule has 0 fully saturated rings. The van der Waals surface area contributed by atoms with Gasteiger partial charge in [0.1, 0.15) is 5.60 Å². The second-order valence-electron chi connectivity index (χ2n) is 7.03. The van der Waals surface area contributed by atoms with Crippen molar-refractivity contribution in [3.05, 3.63) is 30.2 Å². The van der Waals surface area contributed by atoms with Crippen molar-refractivity contribution in [2.75, 3.05) is 0 Å². The van der Waals surface area contributed by atoms with Crippen molar-refractivity contribution in [2.24, 2.45) is 0 Å². The van der Waals surface area contributed by atoms with Crippen molar-refractivity contribution in [1.29, 1.82) is 0 Å². The fourth-order valence-electron chi connectivity index (χ4n) is 2.10. The molecule has 0 bridgehead atoms. The third kappa shape index (κ3) is 2.84. The first kappa shape index (κ1) is 14.6. The van der Waals surface area contributed by atoms with Crippen molar-refractivity contribution in [3.63, 3.8) is 0 Å². The zero-order valence-corrected chi connectivity index (χ0v) is 13.0. The third-order valence-electron chi connectivity index (χ3n) is 2.95. The second-order valence-corrected chi connectivity index (χ2v) is 7.03. The molecule has 4 heteroatoms. The fraction of sp³-hybridized carbons (Fsp3) is 0.500. The van der Waals surface area contributed by atoms with E-state index in [0.29, 0.717) is 0 Å². The maximum Gasteiger partial charge on any atom is 0.419 e. The molecule has 2 rings (SSSR count). The van der Waals surface area contributed by atoms with Crippen LogP contribution in [0.5, 0.6) is 0 Å². The lowest BCUT2D eigenvalue weighted by molar-refractivity contribution is 0.0535. The van der Waals surface area contributed by atoms with Crippen molar-refractivity contribution in [2.45, 2.75) is 52.6 Å². The number of hydrogen-bond acceptors (Lipinski definition) is 3. The van der Waals surface area contributed by atoms with E-state index in [0.717, 1.165) is 16.6 Å². The molecule has 0 aliphatic carbocycles. The molecule has 2 aromatic heterocycles. The lowest BCUT2D eigenvalue weighted by atomic mass is 9.92. The predicted octanol–water partition coefficient (Wildman–Crippen LogP) is 4.12. The number of ether oxygens (including phenoxy) is 1. The summed E-state index contributed by atoms with van der Waals surface area (Å²) >= 11 is 0. The standard InChI is InChI=1S/C16H22N2O2/c1-15(2,3)13-9-11-7-8-17-10-12(11)18(13)14(19)20-16(4,5)6/h7-10H,1-6H3. The van der Waals surface area contributed by atoms with Gasteiger partial charge in [0.25, 0.3) is 0 Å². The van der Waals surface area contributed by atoms with Gasteiger partial charge in [0, 0.05) is 22.7 Å². The van der Waals surface area contributed by atoms with Crippen LogP contribution in [0.4, 0.5) is 4.79 Å². The average Bonchev–Trinajstić information content (AvgIpc) is 2.65. The number of carbonyl (C=O) groups is 1. The van der Waals surface area contributed by atoms with Gasteiger partial charge in [0.05, 0.1) is 11.7 Å². The maximum atomic E-state index is 12.5. The monoisotopic (exact) mass is 274 g/mol. The van der Waals surface area contributed by atoms with Gasteiger partial charge in [-0.1, -0.05) is 20.8 Å². The van der Waals surface area contributed by atoms with E-state index in [1.165, 1.54) is 0 Å². The summed E-state index contributed by atoms with van der Waals surface area (Å²) in [6, 6.07) is 3.94. The van der Waals surface area contributed by atoms with Gasteiger partial charge >= 0.3 is 6.09 Å². The Labute approximate surface area is 119 Å². The van der Waals surface area contributed by atoms with Crippen LogP contribution in [0.25, 0.3) is 10.9 Å². The molecule has 0 aromatic carbocycles. The van der Waals surface area contributed by atoms with E-state index in [1.807, 2.05) is 32.9 Å². The summed E-state index contributed by atoms with van der Waals surface area (Å²) < 4.78 is 7.15. The topological polar surface area (TPSA) is 44.1 Å². The number of fused-ring (bicyclic) bond motifs is 1. The molecule has 0 saturated carbocycles. The minimum Gasteiger partial charge on any atom is -0.443 e. The lowest BCUT2D eigenvalue weighted by Crippen LogP contribution is -2.30. The van der Waals surface area contributed by atoms with Crippen LogP contribution in [0.3, 0.4) is 0 Å². The Balaban J connectivity index is 2.63. The molecule has 2 aromatic rings. The molecular formula is C16H22N2O2. The Morgan fingerprint density at radius 3 is 2.40 bits per heavy atom. The number of rotatable bonds is 0. The van der Waals surface area contributed by atoms with Crippen LogP contribution in [0.1, 0.15) is 47.2 Å². The molecule has 0 aliphatic heterocycles. The number of carbonyl (C=O) groups excluding carboxylic acids is 1. The lowest BCUT2D eigenvalue weighted by Gasteiger charge is -2.24. The van der Waals surface area contributed by atoms with Crippen LogP contribution in [0, 0.1) is 0 Å². The maximum absolute atomic E-state index is 12.5. The van der Waals surface area contributed by atoms with E-state index >= 15 is 0 Å². The fourth-order valence-corrected chi connectivity index (χ4v) is 2.10. The Hall–Kier alpha value is -1.84. The minimum absolute atomic E-state index is 0.157. The number of hydrogen-bond donors (Lipinski definition) is 0. The zero-order valence-electron chi connectivity index (χ0n) is 13.0. The molecule has 4 nitrogen and oxygen atoms in total. The van der Waals surface area contributed by atoms with E-state index in [-0.39, 0.29) is 11.5 Å². The van der Waals surface area contributed by atoms with Gasteiger partial charge in [-0.2, -0.15) is 0 Å². The van der Waals surface area contributed by atoms with Crippen LogP contribution in [0.2, 0.25) is 0 Å². The van der Waals surface area contributed by atoms with E-state index in [2.05, 4.69) is 25.8 Å². The van der Waals surface area contributed by atoms with Crippen LogP contribution in [-0.2, 0) is 10.2 Å². The highest BCUT2D eigenvalue weighted by Crippen LogP contribution is 2.29. The Kier molecular flexibility index (Phi) is 3.36. The largest absolute Gasteiger partial charge is 0.443 e. The summed E-state index contributed by atoms with van der Waals surface area (Å²) in [5.74, 6) is 0. The summed E-state index contributed by atoms with van der Waals surface area (Å²) in [4.78, 5) is 16.6. The van der Waals surface area contributed by atoms with Gasteiger partial charge in [0.2, 0.25) is 0 Å². The minimum atomic E-state index is -0.523. The second kappa shape index (κ2) is 4.62. The normalized spacial score (nSPS) is 12.7. The molecule has 0 unspecified atom stereocenters. The highest BCUT2D eigenvalue weighted by atomic mass is 16.6. The first-order valence-electron chi connectivity index (χ1n) is 6.79. The smallest absolute Gasteiger partial charge is 0.419 e. The molecular weight excluding hydrogens is 252 g/mol. The van der Waals surface area contributed by atoms with Gasteiger partial charge in [-0.25, -0.2) is 9.36 Å². The molecule has 2 heterocycles. The summed E-state index contributed by atoms with van der Waals surface area (Å²) in [6.07, 6.45) is 3.08. The zero-order chi connectivity index (χ0) is 15.1. The van der Waals surface area contributed by atoms with Gasteiger partial charge in [-0.05, 0) is 32.9 Å². The van der Waals surface area contributed by atoms with Crippen LogP contribution in [0.15, 0.2) is 24.5 Å². The van der Waals surface area contributed by atoms with E-state index in [9.17, 15) is 4.79 Å². The summed E-state index contributed by atoms with van der Waals surface area (Å²) in [7, 11) is 0. The summed E-state index contributed by atoms with van der Waals surface area (Å²) in [6.45, 7) is 11.8. The molecule has 0 amide bonds. The molecule has 0 aliphatic rings. The SMILES string of the molecule is CC(C)(C)OC(=O)n1c(C(C)(C)C)cc2ccncc21. The summed E-state index contributed by atoms with van der Waals surface area (Å²) in [5.41, 5.74) is 1.03. The van der Waals surface area contributed by atoms with Crippen molar-refractivity contribution < 1.29 is 9.53 Å². The predicted molar refractivity (Wildman–Crippen MR) is 80.1 cm³/mol. The molecule has 0 spiro atoms. The van der Waals surface area contributed by atoms with Crippen LogP contribution < -0.4 is 0 Å². The molecule has 0 saturated heterocycles. The number of pyridine rings is 1. The van der Waals surface area contributed by atoms with E-state index in [4.69, 9.17) is 4.74 Å². The summed E-state index contributed by atoms with van der Waals surface area (Å²) in [5, 5.41) is 0.996. The first-order valence-corrected chi connectivity index (χ1v) is 6.79. The van der Waals surface area contributed by atoms with Crippen molar-refractivity contribution >= 4 is 17.0 Å². The van der Waals surface area contributed by atoms with Crippen LogP contribution >= 0.6 is 0 Å². The van der Waals surface area contributed by atoms with Gasteiger partial charge in [-0.3, -0.25) is 4.98 Å². The van der Waals surface area contributed by atoms with Gasteiger partial charge in [-0.15, -0.1) is 0 Å². The third-order valence-corrected chi connectivity index (χ3v) is 2.95. The molecule has 0 atom stereocenters. The van der Waals surface area contributed by atoms with E-state index in [1.54, 1.807) is 17.0 Å².